The SMILES string of the molecule is CCN(CC)C(=O)N1CCN(CCCO)CC1. The summed E-state index contributed by atoms with van der Waals surface area (Å²) in [6.45, 7) is 10.2. The molecule has 1 fully saturated rings. The van der Waals surface area contributed by atoms with Crippen molar-refractivity contribution in [3.63, 3.8) is 0 Å². The van der Waals surface area contributed by atoms with Gasteiger partial charge in [-0.05, 0) is 20.3 Å². The molecule has 0 unspecified atom stereocenters. The summed E-state index contributed by atoms with van der Waals surface area (Å²) in [6, 6.07) is 0.164. The van der Waals surface area contributed by atoms with Gasteiger partial charge in [-0.15, -0.1) is 0 Å². The topological polar surface area (TPSA) is 47.0 Å². The van der Waals surface area contributed by atoms with E-state index in [0.29, 0.717) is 0 Å². The Morgan fingerprint density at radius 3 is 2.24 bits per heavy atom. The van der Waals surface area contributed by atoms with Crippen molar-refractivity contribution in [2.45, 2.75) is 20.3 Å². The van der Waals surface area contributed by atoms with Crippen LogP contribution in [0.3, 0.4) is 0 Å². The van der Waals surface area contributed by atoms with Crippen molar-refractivity contribution in [2.24, 2.45) is 0 Å². The summed E-state index contributed by atoms with van der Waals surface area (Å²) >= 11 is 0. The van der Waals surface area contributed by atoms with Crippen LogP contribution in [0.4, 0.5) is 4.79 Å². The molecule has 0 aliphatic carbocycles. The normalized spacial score (nSPS) is 17.2. The Morgan fingerprint density at radius 1 is 1.18 bits per heavy atom. The second-order valence-corrected chi connectivity index (χ2v) is 4.36. The van der Waals surface area contributed by atoms with Gasteiger partial charge in [0.1, 0.15) is 0 Å². The van der Waals surface area contributed by atoms with Crippen LogP contribution in [0.25, 0.3) is 0 Å². The van der Waals surface area contributed by atoms with E-state index in [-0.39, 0.29) is 12.6 Å². The fourth-order valence-electron chi connectivity index (χ4n) is 2.15. The number of amides is 2. The maximum absolute atomic E-state index is 12.1. The van der Waals surface area contributed by atoms with Crippen molar-refractivity contribution in [1.82, 2.24) is 14.7 Å². The van der Waals surface area contributed by atoms with Crippen LogP contribution in [0.5, 0.6) is 0 Å². The van der Waals surface area contributed by atoms with Gasteiger partial charge < -0.3 is 14.9 Å². The van der Waals surface area contributed by atoms with E-state index in [4.69, 9.17) is 5.11 Å². The number of carbonyl (C=O) groups excluding carboxylic acids is 1. The van der Waals surface area contributed by atoms with Gasteiger partial charge in [-0.1, -0.05) is 0 Å². The fourth-order valence-corrected chi connectivity index (χ4v) is 2.15. The largest absolute Gasteiger partial charge is 0.396 e. The third-order valence-electron chi connectivity index (χ3n) is 3.31. The van der Waals surface area contributed by atoms with E-state index in [1.807, 2.05) is 23.6 Å². The molecule has 1 saturated heterocycles. The standard InChI is InChI=1S/C12H25N3O2/c1-3-14(4-2)12(17)15-9-7-13(8-10-15)6-5-11-16/h16H,3-11H2,1-2H3. The van der Waals surface area contributed by atoms with Crippen LogP contribution in [-0.2, 0) is 0 Å². The van der Waals surface area contributed by atoms with Gasteiger partial charge in [0.25, 0.3) is 0 Å². The van der Waals surface area contributed by atoms with Gasteiger partial charge >= 0.3 is 6.03 Å². The van der Waals surface area contributed by atoms with Crippen LogP contribution < -0.4 is 0 Å². The number of carbonyl (C=O) groups is 1. The van der Waals surface area contributed by atoms with Gasteiger partial charge in [0.15, 0.2) is 0 Å². The summed E-state index contributed by atoms with van der Waals surface area (Å²) in [4.78, 5) is 18.2. The molecule has 0 aromatic carbocycles. The first-order chi connectivity index (χ1) is 8.22. The first-order valence-corrected chi connectivity index (χ1v) is 6.60. The third-order valence-corrected chi connectivity index (χ3v) is 3.31. The molecule has 1 N–H and O–H groups in total. The minimum absolute atomic E-state index is 0.164. The molecule has 0 atom stereocenters. The highest BCUT2D eigenvalue weighted by molar-refractivity contribution is 5.74. The van der Waals surface area contributed by atoms with Gasteiger partial charge in [-0.25, -0.2) is 4.79 Å². The summed E-state index contributed by atoms with van der Waals surface area (Å²) in [7, 11) is 0. The lowest BCUT2D eigenvalue weighted by Crippen LogP contribution is -2.52. The number of urea groups is 1. The smallest absolute Gasteiger partial charge is 0.320 e. The van der Waals surface area contributed by atoms with E-state index in [9.17, 15) is 4.79 Å². The predicted molar refractivity (Wildman–Crippen MR) is 68.0 cm³/mol. The van der Waals surface area contributed by atoms with Crippen LogP contribution in [0.15, 0.2) is 0 Å². The van der Waals surface area contributed by atoms with Crippen LogP contribution >= 0.6 is 0 Å². The van der Waals surface area contributed by atoms with E-state index < -0.39 is 0 Å². The predicted octanol–water partition coefficient (Wildman–Crippen LogP) is 0.448. The Balaban J connectivity index is 2.33. The summed E-state index contributed by atoms with van der Waals surface area (Å²) in [5, 5.41) is 8.78. The van der Waals surface area contributed by atoms with Crippen LogP contribution in [0.2, 0.25) is 0 Å². The quantitative estimate of drug-likeness (QED) is 0.762. The first-order valence-electron chi connectivity index (χ1n) is 6.60. The van der Waals surface area contributed by atoms with Crippen molar-refractivity contribution in [2.75, 3.05) is 52.4 Å². The van der Waals surface area contributed by atoms with Crippen LogP contribution in [0, 0.1) is 0 Å². The molecule has 1 heterocycles. The van der Waals surface area contributed by atoms with Crippen LogP contribution in [0.1, 0.15) is 20.3 Å². The monoisotopic (exact) mass is 243 g/mol. The van der Waals surface area contributed by atoms with Gasteiger partial charge in [-0.3, -0.25) is 4.90 Å². The van der Waals surface area contributed by atoms with Crippen molar-refractivity contribution in [1.29, 1.82) is 0 Å². The highest BCUT2D eigenvalue weighted by atomic mass is 16.3. The molecule has 17 heavy (non-hydrogen) atoms. The van der Waals surface area contributed by atoms with Crippen molar-refractivity contribution in [3.05, 3.63) is 0 Å². The summed E-state index contributed by atoms with van der Waals surface area (Å²) in [5.74, 6) is 0. The number of hydrogen-bond donors (Lipinski definition) is 1. The number of piperazine rings is 1. The molecule has 1 rings (SSSR count). The minimum Gasteiger partial charge on any atom is -0.396 e. The maximum atomic E-state index is 12.1. The minimum atomic E-state index is 0.164. The average Bonchev–Trinajstić information content (AvgIpc) is 2.38. The van der Waals surface area contributed by atoms with Gasteiger partial charge in [0.2, 0.25) is 0 Å². The lowest BCUT2D eigenvalue weighted by Gasteiger charge is -2.37. The second-order valence-electron chi connectivity index (χ2n) is 4.36. The zero-order valence-electron chi connectivity index (χ0n) is 11.1. The summed E-state index contributed by atoms with van der Waals surface area (Å²) in [6.07, 6.45) is 0.823. The molecule has 1 aliphatic heterocycles. The lowest BCUT2D eigenvalue weighted by molar-refractivity contribution is 0.111. The Labute approximate surface area is 104 Å². The van der Waals surface area contributed by atoms with E-state index in [1.54, 1.807) is 0 Å². The molecule has 0 aromatic heterocycles. The molecule has 100 valence electrons. The summed E-state index contributed by atoms with van der Waals surface area (Å²) < 4.78 is 0. The highest BCUT2D eigenvalue weighted by Gasteiger charge is 2.23. The Bertz CT molecular complexity index is 224. The first kappa shape index (κ1) is 14.3. The lowest BCUT2D eigenvalue weighted by atomic mass is 10.3. The van der Waals surface area contributed by atoms with Crippen molar-refractivity contribution < 1.29 is 9.90 Å². The molecule has 2 amide bonds. The zero-order valence-corrected chi connectivity index (χ0v) is 11.1. The van der Waals surface area contributed by atoms with Crippen molar-refractivity contribution in [3.8, 4) is 0 Å². The van der Waals surface area contributed by atoms with E-state index in [1.165, 1.54) is 0 Å². The molecule has 5 heteroatoms. The van der Waals surface area contributed by atoms with E-state index >= 15 is 0 Å². The Kier molecular flexibility index (Phi) is 6.29. The van der Waals surface area contributed by atoms with Crippen LogP contribution in [-0.4, -0.2) is 78.3 Å². The Morgan fingerprint density at radius 2 is 1.76 bits per heavy atom. The molecule has 1 aliphatic rings. The number of aliphatic hydroxyl groups excluding tert-OH is 1. The second kappa shape index (κ2) is 7.50. The van der Waals surface area contributed by atoms with Gasteiger partial charge in [0.05, 0.1) is 0 Å². The van der Waals surface area contributed by atoms with E-state index in [2.05, 4.69) is 4.90 Å². The van der Waals surface area contributed by atoms with Crippen molar-refractivity contribution >= 4 is 6.03 Å². The number of rotatable bonds is 5. The van der Waals surface area contributed by atoms with Gasteiger partial charge in [-0.2, -0.15) is 0 Å². The molecule has 0 aromatic rings. The number of aliphatic hydroxyl groups is 1. The summed E-state index contributed by atoms with van der Waals surface area (Å²) in [5.41, 5.74) is 0. The number of hydrogen-bond acceptors (Lipinski definition) is 3. The van der Waals surface area contributed by atoms with E-state index in [0.717, 1.165) is 52.2 Å². The molecule has 0 radical (unpaired) electrons. The molecule has 5 nitrogen and oxygen atoms in total. The molecule has 0 bridgehead atoms. The number of nitrogens with zero attached hydrogens (tertiary/aromatic N) is 3. The molecule has 0 saturated carbocycles. The fraction of sp³-hybridized carbons (Fsp3) is 0.917. The molecule has 0 spiro atoms. The average molecular weight is 243 g/mol. The maximum Gasteiger partial charge on any atom is 0.320 e. The zero-order chi connectivity index (χ0) is 12.7. The van der Waals surface area contributed by atoms with Gasteiger partial charge in [0, 0.05) is 52.4 Å². The highest BCUT2D eigenvalue weighted by Crippen LogP contribution is 2.06. The molecular weight excluding hydrogens is 218 g/mol. The molecular formula is C12H25N3O2. The Hall–Kier alpha value is -0.810. The third kappa shape index (κ3) is 4.16.